The van der Waals surface area contributed by atoms with Gasteiger partial charge in [-0.3, -0.25) is 9.48 Å². The van der Waals surface area contributed by atoms with Gasteiger partial charge in [-0.2, -0.15) is 18.3 Å². The van der Waals surface area contributed by atoms with Crippen LogP contribution in [0.5, 0.6) is 0 Å². The predicted octanol–water partition coefficient (Wildman–Crippen LogP) is 3.66. The second-order valence-electron chi connectivity index (χ2n) is 7.80. The van der Waals surface area contributed by atoms with Crippen molar-refractivity contribution in [2.24, 2.45) is 17.0 Å². The van der Waals surface area contributed by atoms with E-state index in [1.807, 2.05) is 0 Å². The Balaban J connectivity index is 1.64. The Hall–Kier alpha value is -2.99. The first-order chi connectivity index (χ1) is 14.9. The van der Waals surface area contributed by atoms with Gasteiger partial charge in [0.05, 0.1) is 16.3 Å². The minimum Gasteiger partial charge on any atom is -0.321 e. The van der Waals surface area contributed by atoms with Crippen LogP contribution in [0.2, 0.25) is 0 Å². The van der Waals surface area contributed by atoms with E-state index in [0.717, 1.165) is 12.1 Å². The molecule has 3 N–H and O–H groups in total. The van der Waals surface area contributed by atoms with Gasteiger partial charge in [-0.05, 0) is 49.1 Å². The van der Waals surface area contributed by atoms with E-state index in [1.165, 1.54) is 35.0 Å². The Kier molecular flexibility index (Phi) is 5.45. The molecule has 4 rings (SSSR count). The molecule has 0 radical (unpaired) electrons. The minimum atomic E-state index is -4.26. The summed E-state index contributed by atoms with van der Waals surface area (Å²) >= 11 is 0. The molecule has 170 valence electrons. The maximum Gasteiger partial charge on any atom is 0.391 e. The Labute approximate surface area is 180 Å². The van der Waals surface area contributed by atoms with Crippen molar-refractivity contribution in [3.8, 4) is 0 Å². The number of hydrogen-bond donors (Lipinski definition) is 2. The van der Waals surface area contributed by atoms with Crippen molar-refractivity contribution in [2.45, 2.75) is 30.5 Å². The summed E-state index contributed by atoms with van der Waals surface area (Å²) in [6.45, 7) is 0.0584. The van der Waals surface area contributed by atoms with Gasteiger partial charge in [0.1, 0.15) is 11.5 Å². The average molecular weight is 470 g/mol. The summed E-state index contributed by atoms with van der Waals surface area (Å²) in [5.41, 5.74) is 0.363. The van der Waals surface area contributed by atoms with E-state index >= 15 is 0 Å². The molecule has 0 spiro atoms. The Morgan fingerprint density at radius 1 is 1.19 bits per heavy atom. The first-order valence-corrected chi connectivity index (χ1v) is 11.1. The van der Waals surface area contributed by atoms with Crippen LogP contribution < -0.4 is 10.5 Å². The number of benzene rings is 2. The van der Waals surface area contributed by atoms with Gasteiger partial charge in [0.25, 0.3) is 5.91 Å². The van der Waals surface area contributed by atoms with Crippen molar-refractivity contribution >= 4 is 32.5 Å². The Morgan fingerprint density at radius 2 is 1.91 bits per heavy atom. The van der Waals surface area contributed by atoms with Gasteiger partial charge < -0.3 is 5.32 Å². The van der Waals surface area contributed by atoms with Crippen LogP contribution in [0.25, 0.3) is 10.9 Å². The number of amides is 1. The number of fused-ring (bicyclic) bond motifs is 1. The zero-order valence-electron chi connectivity index (χ0n) is 16.4. The molecular formula is C20H18F4N4O3S. The summed E-state index contributed by atoms with van der Waals surface area (Å²) in [5, 5.41) is 12.2. The molecule has 1 fully saturated rings. The van der Waals surface area contributed by atoms with Crippen LogP contribution in [0.15, 0.2) is 47.4 Å². The molecule has 0 bridgehead atoms. The molecule has 12 heteroatoms. The molecule has 1 aromatic heterocycles. The normalized spacial score (nSPS) is 19.0. The maximum atomic E-state index is 13.7. The summed E-state index contributed by atoms with van der Waals surface area (Å²) in [6, 6.07) is 8.93. The van der Waals surface area contributed by atoms with Gasteiger partial charge in [-0.25, -0.2) is 17.9 Å². The van der Waals surface area contributed by atoms with Crippen LogP contribution in [0.1, 0.15) is 23.3 Å². The highest BCUT2D eigenvalue weighted by Crippen LogP contribution is 2.45. The molecule has 2 aromatic carbocycles. The van der Waals surface area contributed by atoms with Crippen LogP contribution in [0.4, 0.5) is 23.2 Å². The molecule has 32 heavy (non-hydrogen) atoms. The number of alkyl halides is 3. The van der Waals surface area contributed by atoms with Crippen molar-refractivity contribution in [2.75, 3.05) is 5.32 Å². The first-order valence-electron chi connectivity index (χ1n) is 9.59. The maximum absolute atomic E-state index is 13.7. The number of halogens is 4. The summed E-state index contributed by atoms with van der Waals surface area (Å²) < 4.78 is 76.5. The number of sulfonamides is 1. The van der Waals surface area contributed by atoms with Crippen molar-refractivity contribution in [3.05, 3.63) is 54.0 Å². The largest absolute Gasteiger partial charge is 0.391 e. The molecule has 1 aliphatic rings. The van der Waals surface area contributed by atoms with E-state index in [2.05, 4.69) is 10.4 Å². The van der Waals surface area contributed by atoms with E-state index in [9.17, 15) is 30.8 Å². The number of carbonyl (C=O) groups is 1. The third-order valence-corrected chi connectivity index (χ3v) is 6.38. The molecule has 1 aliphatic carbocycles. The van der Waals surface area contributed by atoms with E-state index in [1.54, 1.807) is 0 Å². The van der Waals surface area contributed by atoms with Gasteiger partial charge in [-0.15, -0.1) is 0 Å². The molecule has 0 aliphatic heterocycles. The molecule has 1 heterocycles. The molecule has 0 atom stereocenters. The van der Waals surface area contributed by atoms with E-state index in [-0.39, 0.29) is 47.1 Å². The number of nitrogens with zero attached hydrogens (tertiary/aromatic N) is 2. The highest BCUT2D eigenvalue weighted by atomic mass is 32.2. The third kappa shape index (κ3) is 4.46. The zero-order chi connectivity index (χ0) is 23.3. The van der Waals surface area contributed by atoms with Gasteiger partial charge in [0, 0.05) is 23.7 Å². The summed E-state index contributed by atoms with van der Waals surface area (Å²) in [5.74, 6) is -2.96. The van der Waals surface area contributed by atoms with Crippen LogP contribution in [0, 0.1) is 17.7 Å². The zero-order valence-corrected chi connectivity index (χ0v) is 17.3. The number of hydrogen-bond acceptors (Lipinski definition) is 4. The lowest BCUT2D eigenvalue weighted by atomic mass is 9.74. The lowest BCUT2D eigenvalue weighted by Crippen LogP contribution is -2.38. The molecule has 7 nitrogen and oxygen atoms in total. The summed E-state index contributed by atoms with van der Waals surface area (Å²) in [7, 11) is -3.99. The van der Waals surface area contributed by atoms with Crippen LogP contribution in [-0.4, -0.2) is 30.3 Å². The second-order valence-corrected chi connectivity index (χ2v) is 9.36. The van der Waals surface area contributed by atoms with Crippen LogP contribution in [-0.2, 0) is 16.6 Å². The number of nitrogens with one attached hydrogen (secondary N) is 1. The molecule has 3 aromatic rings. The van der Waals surface area contributed by atoms with E-state index < -0.39 is 33.8 Å². The number of rotatable bonds is 5. The fourth-order valence-corrected chi connectivity index (χ4v) is 4.38. The van der Waals surface area contributed by atoms with Gasteiger partial charge in [0.2, 0.25) is 10.0 Å². The van der Waals surface area contributed by atoms with Crippen molar-refractivity contribution in [1.29, 1.82) is 0 Å². The van der Waals surface area contributed by atoms with Crippen molar-refractivity contribution in [1.82, 2.24) is 9.78 Å². The topological polar surface area (TPSA) is 107 Å². The van der Waals surface area contributed by atoms with E-state index in [4.69, 9.17) is 5.14 Å². The number of carbonyl (C=O) groups excluding carboxylic acids is 1. The Morgan fingerprint density at radius 3 is 2.56 bits per heavy atom. The van der Waals surface area contributed by atoms with Gasteiger partial charge >= 0.3 is 6.18 Å². The third-order valence-electron chi connectivity index (χ3n) is 5.47. The quantitative estimate of drug-likeness (QED) is 0.555. The number of primary sulfonamides is 1. The van der Waals surface area contributed by atoms with Crippen LogP contribution in [0.3, 0.4) is 0 Å². The second kappa shape index (κ2) is 7.85. The lowest BCUT2D eigenvalue weighted by molar-refractivity contribution is -0.205. The number of aromatic nitrogens is 2. The van der Waals surface area contributed by atoms with Crippen molar-refractivity contribution < 1.29 is 30.8 Å². The first kappa shape index (κ1) is 22.2. The molecule has 1 saturated carbocycles. The Bertz CT molecular complexity index is 1300. The van der Waals surface area contributed by atoms with Crippen molar-refractivity contribution in [3.63, 3.8) is 0 Å². The van der Waals surface area contributed by atoms with Crippen LogP contribution >= 0.6 is 0 Å². The lowest BCUT2D eigenvalue weighted by Gasteiger charge is -2.36. The molecule has 1 amide bonds. The fraction of sp³-hybridized carbons (Fsp3) is 0.300. The summed E-state index contributed by atoms with van der Waals surface area (Å²) in [4.78, 5) is 12.8. The van der Waals surface area contributed by atoms with Gasteiger partial charge in [-0.1, -0.05) is 6.07 Å². The smallest absolute Gasteiger partial charge is 0.321 e. The standard InChI is InChI=1S/C20H18F4N4O3S/c21-13-4-5-16-17(8-13)27-28(10-11-6-12(7-11)20(22,23)24)18(16)19(29)26-14-2-1-3-15(9-14)32(25,30)31/h1-5,8-9,11-12H,6-7,10H2,(H,26,29)(H2,25,30,31). The highest BCUT2D eigenvalue weighted by molar-refractivity contribution is 7.89. The number of anilines is 1. The SMILES string of the molecule is NS(=O)(=O)c1cccc(NC(=O)c2c3ccc(F)cc3nn2CC2CC(C(F)(F)F)C2)c1. The number of nitrogens with two attached hydrogens (primary N) is 1. The highest BCUT2D eigenvalue weighted by Gasteiger charge is 2.48. The van der Waals surface area contributed by atoms with E-state index in [0.29, 0.717) is 5.39 Å². The molecule has 0 unspecified atom stereocenters. The monoisotopic (exact) mass is 470 g/mol. The average Bonchev–Trinajstić information content (AvgIpc) is 3.00. The minimum absolute atomic E-state index is 0.0384. The summed E-state index contributed by atoms with van der Waals surface area (Å²) in [6.07, 6.45) is -4.42. The predicted molar refractivity (Wildman–Crippen MR) is 108 cm³/mol. The fourth-order valence-electron chi connectivity index (χ4n) is 3.82. The van der Waals surface area contributed by atoms with Gasteiger partial charge in [0.15, 0.2) is 0 Å². The molecule has 0 saturated heterocycles. The molecular weight excluding hydrogens is 452 g/mol.